The van der Waals surface area contributed by atoms with Crippen molar-refractivity contribution in [2.45, 2.75) is 103 Å². The van der Waals surface area contributed by atoms with Crippen LogP contribution in [-0.2, 0) is 19.1 Å². The van der Waals surface area contributed by atoms with Gasteiger partial charge in [-0.2, -0.15) is 5.26 Å². The van der Waals surface area contributed by atoms with Crippen LogP contribution in [-0.4, -0.2) is 92.1 Å². The average molecular weight is 894 g/mol. The lowest BCUT2D eigenvalue weighted by atomic mass is 9.93. The molecule has 4 N–H and O–H groups in total. The average Bonchev–Trinajstić information content (AvgIpc) is 3.80. The van der Waals surface area contributed by atoms with Gasteiger partial charge in [0.05, 0.1) is 62.6 Å². The molecule has 3 heterocycles. The molecule has 4 amide bonds. The molecule has 2 bridgehead atoms. The molecule has 2 saturated carbocycles. The molecule has 15 heteroatoms. The summed E-state index contributed by atoms with van der Waals surface area (Å²) in [5, 5.41) is 16.8. The van der Waals surface area contributed by atoms with Gasteiger partial charge in [-0.25, -0.2) is 19.6 Å². The summed E-state index contributed by atoms with van der Waals surface area (Å²) >= 11 is 0. The van der Waals surface area contributed by atoms with E-state index in [0.29, 0.717) is 12.4 Å². The first-order chi connectivity index (χ1) is 31.5. The van der Waals surface area contributed by atoms with Crippen LogP contribution in [0.1, 0.15) is 96.9 Å². The topological polar surface area (TPSA) is 198 Å². The third-order valence-corrected chi connectivity index (χ3v) is 14.1. The maximum atomic E-state index is 14.2. The van der Waals surface area contributed by atoms with Crippen LogP contribution in [0.5, 0.6) is 0 Å². The van der Waals surface area contributed by atoms with Crippen molar-refractivity contribution < 1.29 is 28.7 Å². The summed E-state index contributed by atoms with van der Waals surface area (Å²) in [5.41, 5.74) is 5.62. The van der Waals surface area contributed by atoms with E-state index in [0.717, 1.165) is 82.3 Å². The number of carbonyl (C=O) groups is 4. The molecule has 3 fully saturated rings. The SMILES string of the molecule is C=C(CC#N)[C@H](NC(=O)OC)C(=O)N(CC1(C)CC1)[C@@H](C)c1ncc(-c2ccc3cc(-c4ccc(-c5cnc([C@@H]6[C@H]7CCC(C)(C7)N6C(=O)[C@@H](NC(=O)OC)C(C)C)[nH]5)cc4)ccc3c2)[nH]1. The van der Waals surface area contributed by atoms with E-state index in [1.807, 2.05) is 44.0 Å². The minimum Gasteiger partial charge on any atom is -0.453 e. The van der Waals surface area contributed by atoms with E-state index in [-0.39, 0.29) is 52.6 Å². The molecule has 1 unspecified atom stereocenters. The van der Waals surface area contributed by atoms with E-state index in [9.17, 15) is 24.4 Å². The Morgan fingerprint density at radius 3 is 2.12 bits per heavy atom. The van der Waals surface area contributed by atoms with Gasteiger partial charge in [0, 0.05) is 17.6 Å². The van der Waals surface area contributed by atoms with Gasteiger partial charge in [-0.05, 0) is 108 Å². The molecule has 66 heavy (non-hydrogen) atoms. The van der Waals surface area contributed by atoms with Crippen molar-refractivity contribution in [1.29, 1.82) is 5.26 Å². The van der Waals surface area contributed by atoms with Crippen LogP contribution < -0.4 is 10.6 Å². The number of benzene rings is 3. The molecule has 3 aromatic carbocycles. The molecule has 0 radical (unpaired) electrons. The Labute approximate surface area is 385 Å². The van der Waals surface area contributed by atoms with E-state index in [1.165, 1.54) is 14.2 Å². The van der Waals surface area contributed by atoms with Crippen LogP contribution in [0.25, 0.3) is 44.4 Å². The smallest absolute Gasteiger partial charge is 0.407 e. The number of nitrogens with one attached hydrogen (secondary N) is 4. The number of rotatable bonds is 15. The molecular weight excluding hydrogens is 835 g/mol. The molecule has 1 aliphatic heterocycles. The standard InChI is InChI=1S/C51H59N9O6/c1-29(2)41(57-48(63)65-7)47(62)60-43(38-17-19-51(60,6)25-38)45-54-26-39(56-45)33-11-9-32(10-12-33)34-13-14-36-24-37(16-15-35(36)23-34)40-27-53-44(55-40)31(4)59(28-50(5)20-21-50)46(61)42(30(3)18-22-52)58-49(64)66-8/h9-16,23-24,26-27,29,31,38,41-43H,3,17-21,25,28H2,1-2,4-8H3,(H,53,55)(H,54,56)(H,57,63)(H,58,64)/t31-,38-,41-,42-,43-,51?/m0/s1. The van der Waals surface area contributed by atoms with Gasteiger partial charge in [0.25, 0.3) is 0 Å². The molecule has 2 aliphatic carbocycles. The van der Waals surface area contributed by atoms with Gasteiger partial charge in [0.2, 0.25) is 11.8 Å². The number of fused-ring (bicyclic) bond motifs is 3. The highest BCUT2D eigenvalue weighted by Crippen LogP contribution is 2.56. The highest BCUT2D eigenvalue weighted by molar-refractivity contribution is 5.91. The predicted octanol–water partition coefficient (Wildman–Crippen LogP) is 8.99. The van der Waals surface area contributed by atoms with Gasteiger partial charge in [-0.3, -0.25) is 9.59 Å². The number of H-pyrrole nitrogens is 2. The Balaban J connectivity index is 0.974. The molecular formula is C51H59N9O6. The third kappa shape index (κ3) is 9.01. The monoisotopic (exact) mass is 893 g/mol. The first-order valence-corrected chi connectivity index (χ1v) is 22.7. The fourth-order valence-corrected chi connectivity index (χ4v) is 9.88. The molecule has 5 aromatic rings. The predicted molar refractivity (Wildman–Crippen MR) is 250 cm³/mol. The molecule has 6 atom stereocenters. The number of carbonyl (C=O) groups excluding carboxylic acids is 4. The lowest BCUT2D eigenvalue weighted by Gasteiger charge is -2.43. The summed E-state index contributed by atoms with van der Waals surface area (Å²) in [6.07, 6.45) is 6.87. The van der Waals surface area contributed by atoms with Gasteiger partial charge in [0.1, 0.15) is 23.7 Å². The number of methoxy groups -OCH3 is 2. The number of nitriles is 1. The number of hydrogen-bond acceptors (Lipinski definition) is 9. The molecule has 344 valence electrons. The fraction of sp³-hybridized carbons (Fsp3) is 0.431. The lowest BCUT2D eigenvalue weighted by Crippen LogP contribution is -2.57. The number of ether oxygens (including phenoxy) is 2. The second-order valence-corrected chi connectivity index (χ2v) is 19.2. The van der Waals surface area contributed by atoms with Gasteiger partial charge >= 0.3 is 12.2 Å². The maximum Gasteiger partial charge on any atom is 0.407 e. The summed E-state index contributed by atoms with van der Waals surface area (Å²) in [5.74, 6) is 1.00. The third-order valence-electron chi connectivity index (χ3n) is 14.1. The highest BCUT2D eigenvalue weighted by atomic mass is 16.5. The Morgan fingerprint density at radius 1 is 0.864 bits per heavy atom. The van der Waals surface area contributed by atoms with Crippen LogP contribution in [0, 0.1) is 28.6 Å². The van der Waals surface area contributed by atoms with E-state index >= 15 is 0 Å². The number of nitrogens with zero attached hydrogens (tertiary/aromatic N) is 5. The van der Waals surface area contributed by atoms with Crippen LogP contribution in [0.3, 0.4) is 0 Å². The number of hydrogen-bond donors (Lipinski definition) is 4. The van der Waals surface area contributed by atoms with Crippen LogP contribution >= 0.6 is 0 Å². The van der Waals surface area contributed by atoms with Crippen molar-refractivity contribution in [1.82, 2.24) is 40.4 Å². The van der Waals surface area contributed by atoms with Crippen molar-refractivity contribution in [3.63, 3.8) is 0 Å². The van der Waals surface area contributed by atoms with Crippen molar-refractivity contribution in [2.24, 2.45) is 17.3 Å². The number of amides is 4. The summed E-state index contributed by atoms with van der Waals surface area (Å²) in [6, 6.07) is 20.5. The first-order valence-electron chi connectivity index (χ1n) is 22.7. The zero-order chi connectivity index (χ0) is 47.1. The van der Waals surface area contributed by atoms with Crippen molar-refractivity contribution >= 4 is 34.8 Å². The van der Waals surface area contributed by atoms with Crippen LogP contribution in [0.2, 0.25) is 0 Å². The second-order valence-electron chi connectivity index (χ2n) is 19.2. The second kappa shape index (κ2) is 18.1. The molecule has 8 rings (SSSR count). The number of alkyl carbamates (subject to hydrolysis) is 2. The summed E-state index contributed by atoms with van der Waals surface area (Å²) in [7, 11) is 2.53. The van der Waals surface area contributed by atoms with E-state index in [4.69, 9.17) is 19.4 Å². The number of imidazole rings is 2. The summed E-state index contributed by atoms with van der Waals surface area (Å²) in [6.45, 7) is 14.4. The van der Waals surface area contributed by atoms with Gasteiger partial charge in [0.15, 0.2) is 0 Å². The molecule has 0 spiro atoms. The fourth-order valence-electron chi connectivity index (χ4n) is 9.88. The van der Waals surface area contributed by atoms with Crippen LogP contribution in [0.4, 0.5) is 9.59 Å². The Morgan fingerprint density at radius 2 is 1.47 bits per heavy atom. The summed E-state index contributed by atoms with van der Waals surface area (Å²) in [4.78, 5) is 73.1. The van der Waals surface area contributed by atoms with Crippen LogP contribution in [0.15, 0.2) is 85.2 Å². The molecule has 3 aliphatic rings. The van der Waals surface area contributed by atoms with Gasteiger partial charge in [-0.15, -0.1) is 0 Å². The number of aromatic nitrogens is 4. The van der Waals surface area contributed by atoms with Crippen molar-refractivity contribution in [3.8, 4) is 39.7 Å². The Bertz CT molecular complexity index is 2710. The molecule has 1 saturated heterocycles. The minimum absolute atomic E-state index is 0.0547. The van der Waals surface area contributed by atoms with E-state index < -0.39 is 30.3 Å². The number of aromatic amines is 2. The van der Waals surface area contributed by atoms with Gasteiger partial charge in [-0.1, -0.05) is 75.9 Å². The minimum atomic E-state index is -1.13. The normalized spacial score (nSPS) is 20.6. The quantitative estimate of drug-likeness (QED) is 0.0741. The zero-order valence-corrected chi connectivity index (χ0v) is 38.7. The highest BCUT2D eigenvalue weighted by Gasteiger charge is 2.58. The lowest BCUT2D eigenvalue weighted by molar-refractivity contribution is -0.143. The maximum absolute atomic E-state index is 14.2. The molecule has 2 aromatic heterocycles. The number of likely N-dealkylation sites (tertiary alicyclic amines) is 1. The Hall–Kier alpha value is -6.95. The first kappa shape index (κ1) is 45.6. The largest absolute Gasteiger partial charge is 0.453 e. The number of piperidine rings is 1. The van der Waals surface area contributed by atoms with E-state index in [1.54, 1.807) is 11.1 Å². The molecule has 15 nitrogen and oxygen atoms in total. The van der Waals surface area contributed by atoms with E-state index in [2.05, 4.69) is 95.6 Å². The van der Waals surface area contributed by atoms with Gasteiger partial charge < -0.3 is 39.9 Å². The van der Waals surface area contributed by atoms with Crippen molar-refractivity contribution in [3.05, 3.63) is 96.9 Å². The zero-order valence-electron chi connectivity index (χ0n) is 38.7. The van der Waals surface area contributed by atoms with Crippen molar-refractivity contribution in [2.75, 3.05) is 20.8 Å². The summed E-state index contributed by atoms with van der Waals surface area (Å²) < 4.78 is 9.65. The Kier molecular flexibility index (Phi) is 12.5.